The molecular weight excluding hydrogens is 295 g/mol. The van der Waals surface area contributed by atoms with Crippen molar-refractivity contribution >= 4 is 17.4 Å². The van der Waals surface area contributed by atoms with Crippen molar-refractivity contribution in [3.05, 3.63) is 48.2 Å². The molecule has 0 saturated heterocycles. The fourth-order valence-corrected chi connectivity index (χ4v) is 2.70. The molecule has 0 unspecified atom stereocenters. The van der Waals surface area contributed by atoms with Crippen molar-refractivity contribution in [3.63, 3.8) is 0 Å². The number of nitrogens with zero attached hydrogens (tertiary/aromatic N) is 2. The Balaban J connectivity index is 1.59. The van der Waals surface area contributed by atoms with Gasteiger partial charge < -0.3 is 10.6 Å². The zero-order valence-electron chi connectivity index (χ0n) is 12.8. The number of halogens is 1. The minimum absolute atomic E-state index is 0.225. The van der Waals surface area contributed by atoms with Crippen molar-refractivity contribution < 1.29 is 9.18 Å². The Morgan fingerprint density at radius 3 is 2.43 bits per heavy atom. The molecule has 0 spiro atoms. The Bertz CT molecular complexity index is 651. The lowest BCUT2D eigenvalue weighted by molar-refractivity contribution is 0.102. The van der Waals surface area contributed by atoms with Crippen LogP contribution in [-0.4, -0.2) is 21.9 Å². The van der Waals surface area contributed by atoms with Crippen LogP contribution in [0.5, 0.6) is 0 Å². The number of nitrogens with one attached hydrogen (secondary N) is 2. The summed E-state index contributed by atoms with van der Waals surface area (Å²) in [5, 5.41) is 6.01. The molecule has 1 aromatic carbocycles. The number of aromatic nitrogens is 2. The number of amides is 1. The summed E-state index contributed by atoms with van der Waals surface area (Å²) in [4.78, 5) is 20.5. The molecule has 2 aromatic rings. The summed E-state index contributed by atoms with van der Waals surface area (Å²) in [7, 11) is 0. The molecule has 1 saturated carbocycles. The van der Waals surface area contributed by atoms with Crippen LogP contribution in [0.15, 0.2) is 36.7 Å². The minimum atomic E-state index is -0.367. The van der Waals surface area contributed by atoms with Gasteiger partial charge in [0.15, 0.2) is 0 Å². The molecular formula is C17H19FN4O. The summed E-state index contributed by atoms with van der Waals surface area (Å²) >= 11 is 0. The number of anilines is 2. The highest BCUT2D eigenvalue weighted by atomic mass is 19.1. The molecule has 0 atom stereocenters. The average Bonchev–Trinajstić information content (AvgIpc) is 2.58. The molecule has 1 amide bonds. The molecule has 1 heterocycles. The van der Waals surface area contributed by atoms with Crippen LogP contribution in [0.4, 0.5) is 15.9 Å². The smallest absolute Gasteiger partial charge is 0.275 e. The standard InChI is InChI=1S/C17H19FN4O/c18-12-6-8-14(9-7-12)22-17(23)15-10-20-16(11-19-15)21-13-4-2-1-3-5-13/h6-11,13H,1-5H2,(H,20,21)(H,22,23). The van der Waals surface area contributed by atoms with Crippen LogP contribution >= 0.6 is 0 Å². The van der Waals surface area contributed by atoms with E-state index in [1.807, 2.05) is 0 Å². The largest absolute Gasteiger partial charge is 0.366 e. The van der Waals surface area contributed by atoms with Crippen molar-refractivity contribution in [2.45, 2.75) is 38.1 Å². The van der Waals surface area contributed by atoms with E-state index in [1.165, 1.54) is 49.7 Å². The average molecular weight is 314 g/mol. The van der Waals surface area contributed by atoms with E-state index in [-0.39, 0.29) is 17.4 Å². The van der Waals surface area contributed by atoms with Gasteiger partial charge in [-0.25, -0.2) is 14.4 Å². The van der Waals surface area contributed by atoms with Crippen LogP contribution in [0, 0.1) is 5.82 Å². The Labute approximate surface area is 134 Å². The first-order valence-corrected chi connectivity index (χ1v) is 7.86. The predicted molar refractivity (Wildman–Crippen MR) is 86.9 cm³/mol. The van der Waals surface area contributed by atoms with E-state index in [2.05, 4.69) is 20.6 Å². The fourth-order valence-electron chi connectivity index (χ4n) is 2.70. The summed E-state index contributed by atoms with van der Waals surface area (Å²) in [5.74, 6) is -0.0236. The Morgan fingerprint density at radius 1 is 1.04 bits per heavy atom. The van der Waals surface area contributed by atoms with Gasteiger partial charge in [-0.2, -0.15) is 0 Å². The van der Waals surface area contributed by atoms with Gasteiger partial charge in [0.05, 0.1) is 12.4 Å². The molecule has 1 aromatic heterocycles. The Kier molecular flexibility index (Phi) is 4.80. The van der Waals surface area contributed by atoms with Gasteiger partial charge in [-0.3, -0.25) is 4.79 Å². The topological polar surface area (TPSA) is 66.9 Å². The van der Waals surface area contributed by atoms with Gasteiger partial charge in [0.2, 0.25) is 0 Å². The zero-order chi connectivity index (χ0) is 16.1. The number of hydrogen-bond acceptors (Lipinski definition) is 4. The third kappa shape index (κ3) is 4.25. The first-order chi connectivity index (χ1) is 11.2. The molecule has 0 aliphatic heterocycles. The molecule has 5 nitrogen and oxygen atoms in total. The lowest BCUT2D eigenvalue weighted by atomic mass is 9.96. The molecule has 23 heavy (non-hydrogen) atoms. The predicted octanol–water partition coefficient (Wildman–Crippen LogP) is 3.61. The molecule has 1 aliphatic rings. The van der Waals surface area contributed by atoms with Crippen molar-refractivity contribution in [3.8, 4) is 0 Å². The van der Waals surface area contributed by atoms with Crippen molar-refractivity contribution in [2.75, 3.05) is 10.6 Å². The van der Waals surface area contributed by atoms with Crippen LogP contribution < -0.4 is 10.6 Å². The van der Waals surface area contributed by atoms with Crippen LogP contribution in [0.3, 0.4) is 0 Å². The first-order valence-electron chi connectivity index (χ1n) is 7.86. The number of rotatable bonds is 4. The van der Waals surface area contributed by atoms with E-state index in [0.717, 1.165) is 12.8 Å². The van der Waals surface area contributed by atoms with Gasteiger partial charge in [0, 0.05) is 11.7 Å². The van der Waals surface area contributed by atoms with Gasteiger partial charge in [-0.1, -0.05) is 19.3 Å². The number of hydrogen-bond donors (Lipinski definition) is 2. The molecule has 3 rings (SSSR count). The lowest BCUT2D eigenvalue weighted by Gasteiger charge is -2.23. The summed E-state index contributed by atoms with van der Waals surface area (Å²) in [6.45, 7) is 0. The SMILES string of the molecule is O=C(Nc1ccc(F)cc1)c1cnc(NC2CCCCC2)cn1. The van der Waals surface area contributed by atoms with E-state index in [9.17, 15) is 9.18 Å². The highest BCUT2D eigenvalue weighted by Crippen LogP contribution is 2.20. The maximum Gasteiger partial charge on any atom is 0.275 e. The fraction of sp³-hybridized carbons (Fsp3) is 0.353. The van der Waals surface area contributed by atoms with Gasteiger partial charge in [-0.15, -0.1) is 0 Å². The van der Waals surface area contributed by atoms with Crippen LogP contribution in [0.25, 0.3) is 0 Å². The van der Waals surface area contributed by atoms with E-state index in [4.69, 9.17) is 0 Å². The third-order valence-corrected chi connectivity index (χ3v) is 3.94. The lowest BCUT2D eigenvalue weighted by Crippen LogP contribution is -2.23. The molecule has 1 fully saturated rings. The molecule has 1 aliphatic carbocycles. The monoisotopic (exact) mass is 314 g/mol. The molecule has 0 radical (unpaired) electrons. The van der Waals surface area contributed by atoms with E-state index < -0.39 is 0 Å². The summed E-state index contributed by atoms with van der Waals surface area (Å²) in [6, 6.07) is 6.02. The van der Waals surface area contributed by atoms with Crippen LogP contribution in [0.2, 0.25) is 0 Å². The quantitative estimate of drug-likeness (QED) is 0.904. The van der Waals surface area contributed by atoms with Gasteiger partial charge in [-0.05, 0) is 37.1 Å². The summed E-state index contributed by atoms with van der Waals surface area (Å²) < 4.78 is 12.8. The number of carbonyl (C=O) groups is 1. The normalized spacial score (nSPS) is 15.2. The van der Waals surface area contributed by atoms with E-state index in [0.29, 0.717) is 17.5 Å². The molecule has 120 valence electrons. The minimum Gasteiger partial charge on any atom is -0.366 e. The first kappa shape index (κ1) is 15.4. The number of carbonyl (C=O) groups excluding carboxylic acids is 1. The Morgan fingerprint density at radius 2 is 1.78 bits per heavy atom. The maximum absolute atomic E-state index is 12.8. The van der Waals surface area contributed by atoms with Crippen LogP contribution in [0.1, 0.15) is 42.6 Å². The molecule has 6 heteroatoms. The zero-order valence-corrected chi connectivity index (χ0v) is 12.8. The Hall–Kier alpha value is -2.50. The van der Waals surface area contributed by atoms with Crippen LogP contribution in [-0.2, 0) is 0 Å². The van der Waals surface area contributed by atoms with Crippen molar-refractivity contribution in [1.29, 1.82) is 0 Å². The van der Waals surface area contributed by atoms with Gasteiger partial charge in [0.25, 0.3) is 5.91 Å². The highest BCUT2D eigenvalue weighted by Gasteiger charge is 2.14. The van der Waals surface area contributed by atoms with Crippen molar-refractivity contribution in [2.24, 2.45) is 0 Å². The highest BCUT2D eigenvalue weighted by molar-refractivity contribution is 6.02. The van der Waals surface area contributed by atoms with Gasteiger partial charge >= 0.3 is 0 Å². The molecule has 0 bridgehead atoms. The summed E-state index contributed by atoms with van der Waals surface area (Å²) in [5.41, 5.74) is 0.742. The van der Waals surface area contributed by atoms with E-state index in [1.54, 1.807) is 6.20 Å². The third-order valence-electron chi connectivity index (χ3n) is 3.94. The number of benzene rings is 1. The second kappa shape index (κ2) is 7.17. The second-order valence-corrected chi connectivity index (χ2v) is 5.73. The van der Waals surface area contributed by atoms with E-state index >= 15 is 0 Å². The summed E-state index contributed by atoms with van der Waals surface area (Å²) in [6.07, 6.45) is 9.10. The van der Waals surface area contributed by atoms with Crippen molar-refractivity contribution in [1.82, 2.24) is 9.97 Å². The second-order valence-electron chi connectivity index (χ2n) is 5.73. The maximum atomic E-state index is 12.8. The van der Waals surface area contributed by atoms with Gasteiger partial charge in [0.1, 0.15) is 17.3 Å². The molecule has 2 N–H and O–H groups in total.